The van der Waals surface area contributed by atoms with Crippen molar-refractivity contribution < 1.29 is 9.18 Å². The van der Waals surface area contributed by atoms with E-state index in [4.69, 9.17) is 0 Å². The molecule has 2 heterocycles. The topological polar surface area (TPSA) is 66.9 Å². The average Bonchev–Trinajstić information content (AvgIpc) is 3.15. The van der Waals surface area contributed by atoms with Crippen molar-refractivity contribution in [3.8, 4) is 0 Å². The fraction of sp³-hybridized carbons (Fsp3) is 0.412. The lowest BCUT2D eigenvalue weighted by atomic mass is 10.1. The first-order valence-corrected chi connectivity index (χ1v) is 9.19. The Labute approximate surface area is 142 Å². The summed E-state index contributed by atoms with van der Waals surface area (Å²) < 4.78 is 15.1. The van der Waals surface area contributed by atoms with E-state index in [1.54, 1.807) is 12.1 Å². The Kier molecular flexibility index (Phi) is 3.96. The number of hydrogen-bond acceptors (Lipinski definition) is 3. The Morgan fingerprint density at radius 1 is 1.12 bits per heavy atom. The summed E-state index contributed by atoms with van der Waals surface area (Å²) in [6, 6.07) is 6.35. The number of fused-ring (bicyclic) bond motifs is 1. The van der Waals surface area contributed by atoms with Crippen LogP contribution in [0.25, 0.3) is 0 Å². The van der Waals surface area contributed by atoms with Gasteiger partial charge in [-0.3, -0.25) is 19.4 Å². The van der Waals surface area contributed by atoms with Crippen LogP contribution in [0, 0.1) is 5.82 Å². The van der Waals surface area contributed by atoms with Crippen molar-refractivity contribution in [2.24, 2.45) is 0 Å². The lowest BCUT2D eigenvalue weighted by Crippen LogP contribution is -2.18. The number of amides is 1. The van der Waals surface area contributed by atoms with Crippen LogP contribution in [-0.4, -0.2) is 21.4 Å². The van der Waals surface area contributed by atoms with Crippen LogP contribution in [0.1, 0.15) is 48.1 Å². The van der Waals surface area contributed by atoms with Gasteiger partial charge in [-0.25, -0.2) is 4.39 Å². The molecule has 7 heteroatoms. The monoisotopic (exact) mass is 347 g/mol. The minimum Gasteiger partial charge on any atom is -0.310 e. The molecule has 1 aromatic carbocycles. The maximum absolute atomic E-state index is 13.2. The number of nitrogens with zero attached hydrogens (tertiary/aromatic N) is 1. The first kappa shape index (κ1) is 15.5. The molecule has 0 radical (unpaired) electrons. The predicted molar refractivity (Wildman–Crippen MR) is 91.9 cm³/mol. The van der Waals surface area contributed by atoms with Gasteiger partial charge in [0.2, 0.25) is 5.91 Å². The van der Waals surface area contributed by atoms with Gasteiger partial charge in [-0.1, -0.05) is 25.0 Å². The number of H-pyrrole nitrogens is 1. The second kappa shape index (κ2) is 6.12. The van der Waals surface area contributed by atoms with Crippen LogP contribution in [-0.2, 0) is 4.79 Å². The van der Waals surface area contributed by atoms with Gasteiger partial charge in [0.15, 0.2) is 0 Å². The van der Waals surface area contributed by atoms with E-state index in [9.17, 15) is 14.0 Å². The number of anilines is 1. The first-order chi connectivity index (χ1) is 11.6. The lowest BCUT2D eigenvalue weighted by molar-refractivity contribution is -0.113. The van der Waals surface area contributed by atoms with Gasteiger partial charge in [0, 0.05) is 0 Å². The minimum atomic E-state index is -0.316. The van der Waals surface area contributed by atoms with Crippen molar-refractivity contribution in [2.45, 2.75) is 37.0 Å². The molecule has 1 aliphatic carbocycles. The molecule has 24 heavy (non-hydrogen) atoms. The van der Waals surface area contributed by atoms with Gasteiger partial charge >= 0.3 is 0 Å². The number of rotatable bonds is 2. The number of benzene rings is 1. The van der Waals surface area contributed by atoms with E-state index in [2.05, 4.69) is 10.4 Å². The molecule has 5 nitrogen and oxygen atoms in total. The van der Waals surface area contributed by atoms with Crippen LogP contribution in [0.5, 0.6) is 0 Å². The number of halogens is 1. The Bertz CT molecular complexity index is 821. The van der Waals surface area contributed by atoms with E-state index < -0.39 is 0 Å². The molecule has 1 aromatic heterocycles. The van der Waals surface area contributed by atoms with Gasteiger partial charge in [-0.05, 0) is 30.5 Å². The fourth-order valence-corrected chi connectivity index (χ4v) is 4.71. The Hall–Kier alpha value is -2.02. The molecular formula is C17H18FN3O2S. The number of aromatic nitrogens is 2. The van der Waals surface area contributed by atoms with Crippen LogP contribution >= 0.6 is 11.8 Å². The molecule has 1 saturated carbocycles. The van der Waals surface area contributed by atoms with Gasteiger partial charge in [0.1, 0.15) is 11.6 Å². The molecule has 1 aliphatic heterocycles. The van der Waals surface area contributed by atoms with Gasteiger partial charge in [-0.15, -0.1) is 11.8 Å². The summed E-state index contributed by atoms with van der Waals surface area (Å²) in [5, 5.41) is 5.53. The van der Waals surface area contributed by atoms with Crippen molar-refractivity contribution in [2.75, 3.05) is 11.1 Å². The smallest absolute Gasteiger partial charge is 0.270 e. The normalized spacial score (nSPS) is 21.4. The average molecular weight is 347 g/mol. The third-order valence-electron chi connectivity index (χ3n) is 4.73. The SMILES string of the molecule is O=C1CS[C@H](c2ccc(F)cc2)c2c(n(C3CCCC3)[nH]c2=O)N1. The van der Waals surface area contributed by atoms with E-state index in [0.717, 1.165) is 31.2 Å². The molecule has 2 aromatic rings. The second-order valence-electron chi connectivity index (χ2n) is 6.30. The number of carbonyl (C=O) groups is 1. The largest absolute Gasteiger partial charge is 0.310 e. The summed E-state index contributed by atoms with van der Waals surface area (Å²) in [6.45, 7) is 0. The molecule has 4 rings (SSSR count). The number of thioether (sulfide) groups is 1. The fourth-order valence-electron chi connectivity index (χ4n) is 3.58. The van der Waals surface area contributed by atoms with E-state index in [1.807, 2.05) is 4.68 Å². The van der Waals surface area contributed by atoms with Gasteiger partial charge in [0.25, 0.3) is 5.56 Å². The third kappa shape index (κ3) is 2.66. The highest BCUT2D eigenvalue weighted by Gasteiger charge is 2.32. The number of hydrogen-bond donors (Lipinski definition) is 2. The van der Waals surface area contributed by atoms with E-state index >= 15 is 0 Å². The van der Waals surface area contributed by atoms with Gasteiger partial charge in [-0.2, -0.15) is 0 Å². The highest BCUT2D eigenvalue weighted by molar-refractivity contribution is 8.00. The van der Waals surface area contributed by atoms with Crippen LogP contribution in [0.2, 0.25) is 0 Å². The maximum Gasteiger partial charge on any atom is 0.270 e. The molecule has 2 aliphatic rings. The van der Waals surface area contributed by atoms with Crippen molar-refractivity contribution in [3.63, 3.8) is 0 Å². The number of aromatic amines is 1. The summed E-state index contributed by atoms with van der Waals surface area (Å²) in [4.78, 5) is 24.8. The van der Waals surface area contributed by atoms with Gasteiger partial charge in [0.05, 0.1) is 22.6 Å². The molecule has 1 atom stereocenters. The Morgan fingerprint density at radius 3 is 2.54 bits per heavy atom. The molecular weight excluding hydrogens is 329 g/mol. The molecule has 2 N–H and O–H groups in total. The van der Waals surface area contributed by atoms with Crippen molar-refractivity contribution in [1.29, 1.82) is 0 Å². The van der Waals surface area contributed by atoms with Crippen LogP contribution in [0.15, 0.2) is 29.1 Å². The van der Waals surface area contributed by atoms with E-state index in [-0.39, 0.29) is 34.3 Å². The standard InChI is InChI=1S/C17H18FN3O2S/c18-11-7-5-10(6-8-11)15-14-16(19-13(22)9-24-15)21(20-17(14)23)12-3-1-2-4-12/h5-8,12,15H,1-4,9H2,(H,19,22)(H,20,23)/t15-/m1/s1. The van der Waals surface area contributed by atoms with Crippen molar-refractivity contribution in [1.82, 2.24) is 9.78 Å². The third-order valence-corrected chi connectivity index (χ3v) is 6.00. The molecule has 1 amide bonds. The molecule has 0 unspecified atom stereocenters. The van der Waals surface area contributed by atoms with E-state index in [0.29, 0.717) is 11.4 Å². The van der Waals surface area contributed by atoms with Crippen LogP contribution in [0.4, 0.5) is 10.2 Å². The molecule has 0 spiro atoms. The van der Waals surface area contributed by atoms with Crippen molar-refractivity contribution >= 4 is 23.5 Å². The van der Waals surface area contributed by atoms with Gasteiger partial charge < -0.3 is 5.32 Å². The molecule has 0 bridgehead atoms. The second-order valence-corrected chi connectivity index (χ2v) is 7.40. The van der Waals surface area contributed by atoms with Crippen molar-refractivity contribution in [3.05, 3.63) is 51.6 Å². The summed E-state index contributed by atoms with van der Waals surface area (Å²) in [5.74, 6) is 0.415. The first-order valence-electron chi connectivity index (χ1n) is 8.15. The predicted octanol–water partition coefficient (Wildman–Crippen LogP) is 3.21. The van der Waals surface area contributed by atoms with Crippen LogP contribution in [0.3, 0.4) is 0 Å². The quantitative estimate of drug-likeness (QED) is 0.877. The highest BCUT2D eigenvalue weighted by atomic mass is 32.2. The lowest BCUT2D eigenvalue weighted by Gasteiger charge is -2.16. The zero-order valence-corrected chi connectivity index (χ0v) is 13.9. The maximum atomic E-state index is 13.2. The Balaban J connectivity index is 1.83. The molecule has 1 fully saturated rings. The molecule has 0 saturated heterocycles. The summed E-state index contributed by atoms with van der Waals surface area (Å²) in [5.41, 5.74) is 1.21. The van der Waals surface area contributed by atoms with Crippen LogP contribution < -0.4 is 10.9 Å². The van der Waals surface area contributed by atoms with E-state index in [1.165, 1.54) is 23.9 Å². The molecule has 126 valence electrons. The summed E-state index contributed by atoms with van der Waals surface area (Å²) >= 11 is 1.40. The minimum absolute atomic E-state index is 0.114. The zero-order chi connectivity index (χ0) is 16.7. The summed E-state index contributed by atoms with van der Waals surface area (Å²) in [7, 11) is 0. The summed E-state index contributed by atoms with van der Waals surface area (Å²) in [6.07, 6.45) is 4.26. The Morgan fingerprint density at radius 2 is 1.83 bits per heavy atom. The number of carbonyl (C=O) groups excluding carboxylic acids is 1. The number of nitrogens with one attached hydrogen (secondary N) is 2. The highest BCUT2D eigenvalue weighted by Crippen LogP contribution is 2.41. The zero-order valence-electron chi connectivity index (χ0n) is 13.0.